The molecule has 0 amide bonds. The van der Waals surface area contributed by atoms with Crippen LogP contribution in [0, 0.1) is 18.3 Å². The van der Waals surface area contributed by atoms with Gasteiger partial charge in [0, 0.05) is 10.9 Å². The minimum Gasteiger partial charge on any atom is -0.330 e. The van der Waals surface area contributed by atoms with E-state index >= 15 is 0 Å². The first kappa shape index (κ1) is 18.1. The van der Waals surface area contributed by atoms with Gasteiger partial charge in [-0.1, -0.05) is 43.2 Å². The highest BCUT2D eigenvalue weighted by molar-refractivity contribution is 5.85. The lowest BCUT2D eigenvalue weighted by atomic mass is 9.98. The molecule has 2 aromatic carbocycles. The van der Waals surface area contributed by atoms with Gasteiger partial charge in [-0.2, -0.15) is 5.26 Å². The van der Waals surface area contributed by atoms with Crippen LogP contribution in [-0.2, 0) is 6.42 Å². The van der Waals surface area contributed by atoms with Crippen molar-refractivity contribution < 1.29 is 0 Å². The van der Waals surface area contributed by atoms with Crippen molar-refractivity contribution in [2.75, 3.05) is 6.54 Å². The average molecular weight is 343 g/mol. The summed E-state index contributed by atoms with van der Waals surface area (Å²) in [7, 11) is 0. The number of rotatable bonds is 7. The average Bonchev–Trinajstić information content (AvgIpc) is 2.68. The molecule has 0 aliphatic carbocycles. The van der Waals surface area contributed by atoms with Crippen molar-refractivity contribution in [2.24, 2.45) is 5.73 Å². The monoisotopic (exact) mass is 343 g/mol. The summed E-state index contributed by atoms with van der Waals surface area (Å²) in [6, 6.07) is 18.8. The summed E-state index contributed by atoms with van der Waals surface area (Å²) in [5.74, 6) is 0. The zero-order valence-electron chi connectivity index (χ0n) is 15.3. The standard InChI is InChI=1S/C23H25N3/c1-17-11-12-19(14-20(17)16-25)23-15-18(8-4-2-3-7-13-24)21-9-5-6-10-22(21)26-23/h5-6,9-12,14-15H,2-4,7-8,13,24H2,1H3. The quantitative estimate of drug-likeness (QED) is 0.604. The Morgan fingerprint density at radius 1 is 1.00 bits per heavy atom. The predicted octanol–water partition coefficient (Wildman–Crippen LogP) is 5.14. The highest BCUT2D eigenvalue weighted by Crippen LogP contribution is 2.27. The van der Waals surface area contributed by atoms with Crippen LogP contribution in [0.25, 0.3) is 22.2 Å². The third-order valence-electron chi connectivity index (χ3n) is 4.86. The number of para-hydroxylation sites is 1. The molecule has 1 aromatic heterocycles. The van der Waals surface area contributed by atoms with Crippen molar-refractivity contribution in [3.63, 3.8) is 0 Å². The fraction of sp³-hybridized carbons (Fsp3) is 0.304. The van der Waals surface area contributed by atoms with Gasteiger partial charge in [0.2, 0.25) is 0 Å². The summed E-state index contributed by atoms with van der Waals surface area (Å²) in [4.78, 5) is 4.84. The minimum atomic E-state index is 0.709. The molecule has 3 nitrogen and oxygen atoms in total. The van der Waals surface area contributed by atoms with Gasteiger partial charge in [-0.3, -0.25) is 0 Å². The molecule has 3 rings (SSSR count). The number of aryl methyl sites for hydroxylation is 2. The lowest BCUT2D eigenvalue weighted by molar-refractivity contribution is 0.648. The van der Waals surface area contributed by atoms with Crippen LogP contribution in [0.4, 0.5) is 0 Å². The summed E-state index contributed by atoms with van der Waals surface area (Å²) in [6.07, 6.45) is 5.69. The summed E-state index contributed by atoms with van der Waals surface area (Å²) in [5.41, 5.74) is 11.6. The largest absolute Gasteiger partial charge is 0.330 e. The van der Waals surface area contributed by atoms with Gasteiger partial charge in [0.1, 0.15) is 0 Å². The van der Waals surface area contributed by atoms with E-state index in [0.717, 1.165) is 48.1 Å². The highest BCUT2D eigenvalue weighted by Gasteiger charge is 2.09. The highest BCUT2D eigenvalue weighted by atomic mass is 14.7. The number of fused-ring (bicyclic) bond motifs is 1. The van der Waals surface area contributed by atoms with Crippen LogP contribution in [0.15, 0.2) is 48.5 Å². The molecular weight excluding hydrogens is 318 g/mol. The van der Waals surface area contributed by atoms with Crippen molar-refractivity contribution in [1.29, 1.82) is 5.26 Å². The first-order valence-electron chi connectivity index (χ1n) is 9.33. The molecule has 26 heavy (non-hydrogen) atoms. The van der Waals surface area contributed by atoms with E-state index in [1.807, 2.05) is 25.1 Å². The van der Waals surface area contributed by atoms with Gasteiger partial charge < -0.3 is 5.73 Å². The van der Waals surface area contributed by atoms with Crippen LogP contribution in [-0.4, -0.2) is 11.5 Å². The van der Waals surface area contributed by atoms with Gasteiger partial charge in [0.15, 0.2) is 0 Å². The van der Waals surface area contributed by atoms with Gasteiger partial charge in [-0.25, -0.2) is 4.98 Å². The zero-order valence-corrected chi connectivity index (χ0v) is 15.3. The van der Waals surface area contributed by atoms with E-state index in [1.165, 1.54) is 23.8 Å². The van der Waals surface area contributed by atoms with Gasteiger partial charge >= 0.3 is 0 Å². The molecule has 132 valence electrons. The molecule has 0 saturated heterocycles. The number of nitrogens with zero attached hydrogens (tertiary/aromatic N) is 2. The Morgan fingerprint density at radius 3 is 2.62 bits per heavy atom. The van der Waals surface area contributed by atoms with E-state index in [9.17, 15) is 5.26 Å². The van der Waals surface area contributed by atoms with E-state index in [1.54, 1.807) is 0 Å². The summed E-state index contributed by atoms with van der Waals surface area (Å²) in [5, 5.41) is 10.5. The van der Waals surface area contributed by atoms with Gasteiger partial charge in [-0.15, -0.1) is 0 Å². The lowest BCUT2D eigenvalue weighted by Gasteiger charge is -2.11. The molecule has 0 atom stereocenters. The first-order chi connectivity index (χ1) is 12.7. The van der Waals surface area contributed by atoms with Crippen molar-refractivity contribution in [3.8, 4) is 17.3 Å². The number of nitrogens with two attached hydrogens (primary N) is 1. The van der Waals surface area contributed by atoms with Crippen molar-refractivity contribution in [2.45, 2.75) is 39.0 Å². The Hall–Kier alpha value is -2.70. The fourth-order valence-corrected chi connectivity index (χ4v) is 3.32. The SMILES string of the molecule is Cc1ccc(-c2cc(CCCCCCN)c3ccccc3n2)cc1C#N. The van der Waals surface area contributed by atoms with Crippen LogP contribution in [0.2, 0.25) is 0 Å². The van der Waals surface area contributed by atoms with Gasteiger partial charge in [-0.05, 0) is 62.1 Å². The van der Waals surface area contributed by atoms with Crippen LogP contribution < -0.4 is 5.73 Å². The van der Waals surface area contributed by atoms with Crippen LogP contribution in [0.5, 0.6) is 0 Å². The molecule has 0 bridgehead atoms. The van der Waals surface area contributed by atoms with E-state index in [0.29, 0.717) is 5.56 Å². The molecular formula is C23H25N3. The van der Waals surface area contributed by atoms with Crippen LogP contribution in [0.3, 0.4) is 0 Å². The second kappa shape index (κ2) is 8.60. The molecule has 0 fully saturated rings. The number of hydrogen-bond acceptors (Lipinski definition) is 3. The normalized spacial score (nSPS) is 10.8. The van der Waals surface area contributed by atoms with Gasteiger partial charge in [0.05, 0.1) is 22.8 Å². The summed E-state index contributed by atoms with van der Waals surface area (Å²) in [6.45, 7) is 2.74. The summed E-state index contributed by atoms with van der Waals surface area (Å²) < 4.78 is 0. The molecule has 0 aliphatic rings. The number of nitriles is 1. The second-order valence-corrected chi connectivity index (χ2v) is 6.78. The van der Waals surface area contributed by atoms with Crippen molar-refractivity contribution in [1.82, 2.24) is 4.98 Å². The molecule has 0 spiro atoms. The maximum absolute atomic E-state index is 9.32. The van der Waals surface area contributed by atoms with Crippen LogP contribution >= 0.6 is 0 Å². The van der Waals surface area contributed by atoms with E-state index in [4.69, 9.17) is 10.7 Å². The predicted molar refractivity (Wildman–Crippen MR) is 108 cm³/mol. The van der Waals surface area contributed by atoms with Crippen molar-refractivity contribution >= 4 is 10.9 Å². The maximum Gasteiger partial charge on any atom is 0.0994 e. The molecule has 0 saturated carbocycles. The number of pyridine rings is 1. The van der Waals surface area contributed by atoms with E-state index in [-0.39, 0.29) is 0 Å². The number of benzene rings is 2. The maximum atomic E-state index is 9.32. The van der Waals surface area contributed by atoms with Crippen LogP contribution in [0.1, 0.15) is 42.4 Å². The molecule has 0 unspecified atom stereocenters. The fourth-order valence-electron chi connectivity index (χ4n) is 3.32. The third kappa shape index (κ3) is 4.09. The zero-order chi connectivity index (χ0) is 18.4. The van der Waals surface area contributed by atoms with E-state index in [2.05, 4.69) is 36.4 Å². The molecule has 3 aromatic rings. The first-order valence-corrected chi connectivity index (χ1v) is 9.33. The Kier molecular flexibility index (Phi) is 5.99. The topological polar surface area (TPSA) is 62.7 Å². The smallest absolute Gasteiger partial charge is 0.0994 e. The molecule has 0 aliphatic heterocycles. The molecule has 0 radical (unpaired) electrons. The van der Waals surface area contributed by atoms with E-state index < -0.39 is 0 Å². The Labute approximate surface area is 155 Å². The summed E-state index contributed by atoms with van der Waals surface area (Å²) >= 11 is 0. The number of aromatic nitrogens is 1. The lowest BCUT2D eigenvalue weighted by Crippen LogP contribution is -1.98. The van der Waals surface area contributed by atoms with Crippen molar-refractivity contribution in [3.05, 3.63) is 65.2 Å². The molecule has 2 N–H and O–H groups in total. The molecule has 3 heteroatoms. The molecule has 1 heterocycles. The second-order valence-electron chi connectivity index (χ2n) is 6.78. The Balaban J connectivity index is 1.95. The Morgan fingerprint density at radius 2 is 1.81 bits per heavy atom. The number of unbranched alkanes of at least 4 members (excludes halogenated alkanes) is 3. The number of hydrogen-bond donors (Lipinski definition) is 1. The third-order valence-corrected chi connectivity index (χ3v) is 4.86. The Bertz CT molecular complexity index is 938. The van der Waals surface area contributed by atoms with Gasteiger partial charge in [0.25, 0.3) is 0 Å². The minimum absolute atomic E-state index is 0.709.